The summed E-state index contributed by atoms with van der Waals surface area (Å²) in [6.07, 6.45) is 2.07. The summed E-state index contributed by atoms with van der Waals surface area (Å²) in [5.41, 5.74) is -1.06. The molecule has 0 bridgehead atoms. The predicted molar refractivity (Wildman–Crippen MR) is 59.1 cm³/mol. The number of nitrogens with one attached hydrogen (secondary N) is 2. The Labute approximate surface area is 95.6 Å². The molecule has 94 valence electrons. The van der Waals surface area contributed by atoms with Gasteiger partial charge in [-0.15, -0.1) is 0 Å². The van der Waals surface area contributed by atoms with E-state index in [1.807, 2.05) is 0 Å². The van der Waals surface area contributed by atoms with Crippen molar-refractivity contribution in [2.24, 2.45) is 5.41 Å². The number of rotatable bonds is 7. The Morgan fingerprint density at radius 3 is 2.44 bits per heavy atom. The normalized spacial score (nSPS) is 20.4. The average Bonchev–Trinajstić information content (AvgIpc) is 2.97. The first-order valence-electron chi connectivity index (χ1n) is 5.29. The lowest BCUT2D eigenvalue weighted by Gasteiger charge is -2.23. The van der Waals surface area contributed by atoms with E-state index in [9.17, 15) is 13.2 Å². The number of carboxylic acid groups (broad SMARTS) is 1. The van der Waals surface area contributed by atoms with Crippen LogP contribution < -0.4 is 9.44 Å². The SMILES string of the molecule is CCC(C)(CNS(=O)(=O)NC1CC1)C(=O)O. The van der Waals surface area contributed by atoms with Crippen molar-refractivity contribution in [1.82, 2.24) is 9.44 Å². The summed E-state index contributed by atoms with van der Waals surface area (Å²) in [6.45, 7) is 3.15. The van der Waals surface area contributed by atoms with Crippen LogP contribution in [0.3, 0.4) is 0 Å². The third-order valence-corrected chi connectivity index (χ3v) is 4.02. The summed E-state index contributed by atoms with van der Waals surface area (Å²) >= 11 is 0. The molecule has 1 saturated carbocycles. The molecule has 0 saturated heterocycles. The van der Waals surface area contributed by atoms with Crippen molar-refractivity contribution in [3.05, 3.63) is 0 Å². The van der Waals surface area contributed by atoms with Crippen LogP contribution in [0.4, 0.5) is 0 Å². The third kappa shape index (κ3) is 3.73. The van der Waals surface area contributed by atoms with Crippen LogP contribution in [0.2, 0.25) is 0 Å². The topological polar surface area (TPSA) is 95.5 Å². The molecule has 1 aliphatic carbocycles. The van der Waals surface area contributed by atoms with E-state index in [4.69, 9.17) is 5.11 Å². The molecular weight excluding hydrogens is 232 g/mol. The lowest BCUT2D eigenvalue weighted by Crippen LogP contribution is -2.45. The summed E-state index contributed by atoms with van der Waals surface area (Å²) in [6, 6.07) is 0.0233. The fourth-order valence-electron chi connectivity index (χ4n) is 1.07. The van der Waals surface area contributed by atoms with Crippen LogP contribution in [0.15, 0.2) is 0 Å². The molecule has 16 heavy (non-hydrogen) atoms. The molecule has 0 aromatic rings. The van der Waals surface area contributed by atoms with Crippen molar-refractivity contribution in [1.29, 1.82) is 0 Å². The second-order valence-corrected chi connectivity index (χ2v) is 5.97. The largest absolute Gasteiger partial charge is 0.481 e. The molecule has 1 atom stereocenters. The molecule has 7 heteroatoms. The Morgan fingerprint density at radius 2 is 2.06 bits per heavy atom. The first-order valence-corrected chi connectivity index (χ1v) is 6.78. The first kappa shape index (κ1) is 13.4. The highest BCUT2D eigenvalue weighted by Crippen LogP contribution is 2.21. The van der Waals surface area contributed by atoms with Crippen molar-refractivity contribution in [3.63, 3.8) is 0 Å². The molecule has 6 nitrogen and oxygen atoms in total. The number of hydrogen-bond acceptors (Lipinski definition) is 3. The minimum absolute atomic E-state index is 0.0233. The number of hydrogen-bond donors (Lipinski definition) is 3. The molecule has 0 heterocycles. The second-order valence-electron chi connectivity index (χ2n) is 4.44. The zero-order valence-electron chi connectivity index (χ0n) is 9.49. The first-order chi connectivity index (χ1) is 7.29. The van der Waals surface area contributed by atoms with Gasteiger partial charge >= 0.3 is 5.97 Å². The van der Waals surface area contributed by atoms with Crippen molar-refractivity contribution >= 4 is 16.2 Å². The molecular formula is C9H18N2O4S. The summed E-state index contributed by atoms with van der Waals surface area (Å²) in [4.78, 5) is 10.9. The lowest BCUT2D eigenvalue weighted by molar-refractivity contribution is -0.147. The maximum absolute atomic E-state index is 11.5. The van der Waals surface area contributed by atoms with Gasteiger partial charge in [-0.2, -0.15) is 13.1 Å². The molecule has 0 amide bonds. The van der Waals surface area contributed by atoms with E-state index in [1.165, 1.54) is 6.92 Å². The van der Waals surface area contributed by atoms with E-state index in [0.29, 0.717) is 6.42 Å². The van der Waals surface area contributed by atoms with Gasteiger partial charge in [-0.1, -0.05) is 6.92 Å². The van der Waals surface area contributed by atoms with Gasteiger partial charge in [0.2, 0.25) is 0 Å². The van der Waals surface area contributed by atoms with Crippen LogP contribution in [0.5, 0.6) is 0 Å². The zero-order chi connectivity index (χ0) is 12.4. The van der Waals surface area contributed by atoms with E-state index in [-0.39, 0.29) is 12.6 Å². The van der Waals surface area contributed by atoms with E-state index in [2.05, 4.69) is 9.44 Å². The van der Waals surface area contributed by atoms with Crippen molar-refractivity contribution < 1.29 is 18.3 Å². The predicted octanol–water partition coefficient (Wildman–Crippen LogP) is 0.0737. The van der Waals surface area contributed by atoms with Crippen molar-refractivity contribution in [3.8, 4) is 0 Å². The highest BCUT2D eigenvalue weighted by molar-refractivity contribution is 7.87. The molecule has 0 aliphatic heterocycles. The van der Waals surface area contributed by atoms with Crippen LogP contribution in [0.25, 0.3) is 0 Å². The molecule has 1 aliphatic rings. The van der Waals surface area contributed by atoms with Gasteiger partial charge in [0, 0.05) is 12.6 Å². The van der Waals surface area contributed by atoms with E-state index in [1.54, 1.807) is 6.92 Å². The van der Waals surface area contributed by atoms with Gasteiger partial charge in [0.25, 0.3) is 10.2 Å². The zero-order valence-corrected chi connectivity index (χ0v) is 10.3. The maximum Gasteiger partial charge on any atom is 0.310 e. The number of carboxylic acids is 1. The molecule has 0 spiro atoms. The molecule has 1 rings (SSSR count). The van der Waals surface area contributed by atoms with Gasteiger partial charge in [-0.05, 0) is 26.2 Å². The van der Waals surface area contributed by atoms with E-state index in [0.717, 1.165) is 12.8 Å². The molecule has 0 aromatic heterocycles. The monoisotopic (exact) mass is 250 g/mol. The van der Waals surface area contributed by atoms with Crippen LogP contribution in [0.1, 0.15) is 33.1 Å². The standard InChI is InChI=1S/C9H18N2O4S/c1-3-9(2,8(12)13)6-10-16(14,15)11-7-4-5-7/h7,10-11H,3-6H2,1-2H3,(H,12,13). The van der Waals surface area contributed by atoms with Gasteiger partial charge < -0.3 is 5.11 Å². The average molecular weight is 250 g/mol. The Morgan fingerprint density at radius 1 is 1.50 bits per heavy atom. The molecule has 3 N–H and O–H groups in total. The smallest absolute Gasteiger partial charge is 0.310 e. The minimum atomic E-state index is -3.56. The quantitative estimate of drug-likeness (QED) is 0.596. The van der Waals surface area contributed by atoms with Crippen LogP contribution in [-0.2, 0) is 15.0 Å². The van der Waals surface area contributed by atoms with Crippen molar-refractivity contribution in [2.45, 2.75) is 39.2 Å². The van der Waals surface area contributed by atoms with Gasteiger partial charge in [-0.3, -0.25) is 4.79 Å². The van der Waals surface area contributed by atoms with Crippen LogP contribution in [-0.4, -0.2) is 32.1 Å². The van der Waals surface area contributed by atoms with E-state index < -0.39 is 21.6 Å². The van der Waals surface area contributed by atoms with Crippen LogP contribution >= 0.6 is 0 Å². The third-order valence-electron chi connectivity index (χ3n) is 2.85. The highest BCUT2D eigenvalue weighted by Gasteiger charge is 2.33. The number of aliphatic carboxylic acids is 1. The summed E-state index contributed by atoms with van der Waals surface area (Å²) in [5.74, 6) is -0.996. The van der Waals surface area contributed by atoms with Gasteiger partial charge in [0.15, 0.2) is 0 Å². The van der Waals surface area contributed by atoms with Gasteiger partial charge in [-0.25, -0.2) is 4.72 Å². The fraction of sp³-hybridized carbons (Fsp3) is 0.889. The van der Waals surface area contributed by atoms with Gasteiger partial charge in [0.05, 0.1) is 5.41 Å². The Kier molecular flexibility index (Phi) is 3.92. The van der Waals surface area contributed by atoms with Gasteiger partial charge in [0.1, 0.15) is 0 Å². The lowest BCUT2D eigenvalue weighted by atomic mass is 9.88. The fourth-order valence-corrected chi connectivity index (χ4v) is 2.33. The summed E-state index contributed by atoms with van der Waals surface area (Å²) in [7, 11) is -3.56. The Balaban J connectivity index is 2.51. The minimum Gasteiger partial charge on any atom is -0.481 e. The van der Waals surface area contributed by atoms with Crippen LogP contribution in [0, 0.1) is 5.41 Å². The maximum atomic E-state index is 11.5. The second kappa shape index (κ2) is 4.68. The summed E-state index contributed by atoms with van der Waals surface area (Å²) in [5, 5.41) is 8.97. The number of carbonyl (C=O) groups is 1. The molecule has 1 fully saturated rings. The highest BCUT2D eigenvalue weighted by atomic mass is 32.2. The molecule has 1 unspecified atom stereocenters. The van der Waals surface area contributed by atoms with E-state index >= 15 is 0 Å². The summed E-state index contributed by atoms with van der Waals surface area (Å²) < 4.78 is 27.6. The Bertz CT molecular complexity index is 364. The van der Waals surface area contributed by atoms with Crippen molar-refractivity contribution in [2.75, 3.05) is 6.54 Å². The molecule has 0 aromatic carbocycles. The molecule has 0 radical (unpaired) electrons. The Hall–Kier alpha value is -0.660.